The molecular weight excluding hydrogens is 284 g/mol. The molecule has 0 saturated heterocycles. The van der Waals surface area contributed by atoms with E-state index in [4.69, 9.17) is 0 Å². The minimum atomic E-state index is -0.105. The van der Waals surface area contributed by atoms with Gasteiger partial charge in [0, 0.05) is 30.9 Å². The van der Waals surface area contributed by atoms with Gasteiger partial charge in [0.05, 0.1) is 12.4 Å². The fourth-order valence-electron chi connectivity index (χ4n) is 1.97. The van der Waals surface area contributed by atoms with Crippen molar-refractivity contribution in [1.29, 1.82) is 0 Å². The second-order valence-electron chi connectivity index (χ2n) is 4.87. The topological polar surface area (TPSA) is 58.1 Å². The fraction of sp³-hybridized carbons (Fsp3) is 0.400. The van der Waals surface area contributed by atoms with Gasteiger partial charge in [0.25, 0.3) is 5.91 Å². The molecule has 1 atom stereocenters. The van der Waals surface area contributed by atoms with Crippen molar-refractivity contribution >= 4 is 23.1 Å². The van der Waals surface area contributed by atoms with Crippen LogP contribution < -0.4 is 5.32 Å². The van der Waals surface area contributed by atoms with Crippen LogP contribution in [0.1, 0.15) is 29.2 Å². The van der Waals surface area contributed by atoms with Gasteiger partial charge in [-0.25, -0.2) is 4.98 Å². The molecule has 0 radical (unpaired) electrons. The third kappa shape index (κ3) is 4.01. The van der Waals surface area contributed by atoms with Crippen LogP contribution >= 0.6 is 11.3 Å². The number of hydrogen-bond acceptors (Lipinski definition) is 5. The number of nitrogens with zero attached hydrogens (tertiary/aromatic N) is 3. The van der Waals surface area contributed by atoms with Gasteiger partial charge in [0.1, 0.15) is 11.5 Å². The maximum absolute atomic E-state index is 12.5. The summed E-state index contributed by atoms with van der Waals surface area (Å²) in [6.45, 7) is 4.77. The van der Waals surface area contributed by atoms with Crippen LogP contribution in [0.4, 0.5) is 5.82 Å². The largest absolute Gasteiger partial charge is 0.369 e. The molecule has 2 aromatic heterocycles. The van der Waals surface area contributed by atoms with Crippen molar-refractivity contribution in [2.24, 2.45) is 0 Å². The van der Waals surface area contributed by atoms with Gasteiger partial charge in [0.2, 0.25) is 0 Å². The average molecular weight is 304 g/mol. The number of nitrogens with one attached hydrogen (secondary N) is 1. The molecule has 0 aliphatic heterocycles. The number of anilines is 1. The summed E-state index contributed by atoms with van der Waals surface area (Å²) in [5.74, 6) is 0.522. The number of likely N-dealkylation sites (N-methyl/N-ethyl adjacent to an activating group) is 1. The smallest absolute Gasteiger partial charge is 0.274 e. The summed E-state index contributed by atoms with van der Waals surface area (Å²) < 4.78 is 0. The van der Waals surface area contributed by atoms with Crippen molar-refractivity contribution in [2.45, 2.75) is 26.3 Å². The highest BCUT2D eigenvalue weighted by atomic mass is 32.1. The van der Waals surface area contributed by atoms with E-state index in [1.807, 2.05) is 27.0 Å². The lowest BCUT2D eigenvalue weighted by Crippen LogP contribution is -2.36. The van der Waals surface area contributed by atoms with E-state index < -0.39 is 0 Å². The molecule has 1 unspecified atom stereocenters. The zero-order valence-corrected chi connectivity index (χ0v) is 13.4. The Kier molecular flexibility index (Phi) is 5.27. The molecule has 1 N–H and O–H groups in total. The van der Waals surface area contributed by atoms with E-state index in [1.165, 1.54) is 11.1 Å². The van der Waals surface area contributed by atoms with E-state index in [2.05, 4.69) is 26.7 Å². The van der Waals surface area contributed by atoms with Gasteiger partial charge in [-0.3, -0.25) is 9.78 Å². The van der Waals surface area contributed by atoms with Gasteiger partial charge in [-0.15, -0.1) is 11.3 Å². The van der Waals surface area contributed by atoms with E-state index in [1.54, 1.807) is 22.4 Å². The minimum absolute atomic E-state index is 0.105. The Morgan fingerprint density at radius 2 is 2.29 bits per heavy atom. The van der Waals surface area contributed by atoms with Crippen LogP contribution in [0.3, 0.4) is 0 Å². The van der Waals surface area contributed by atoms with Gasteiger partial charge < -0.3 is 10.2 Å². The van der Waals surface area contributed by atoms with Gasteiger partial charge in [-0.2, -0.15) is 0 Å². The van der Waals surface area contributed by atoms with Crippen LogP contribution in [-0.4, -0.2) is 40.4 Å². The molecular formula is C15H20N4OS. The lowest BCUT2D eigenvalue weighted by molar-refractivity contribution is 0.0737. The lowest BCUT2D eigenvalue weighted by atomic mass is 10.2. The van der Waals surface area contributed by atoms with Gasteiger partial charge in [0.15, 0.2) is 0 Å². The fourth-order valence-corrected chi connectivity index (χ4v) is 2.80. The van der Waals surface area contributed by atoms with E-state index in [0.29, 0.717) is 11.5 Å². The summed E-state index contributed by atoms with van der Waals surface area (Å²) in [6.07, 6.45) is 3.98. The quantitative estimate of drug-likeness (QED) is 0.891. The molecule has 1 amide bonds. The highest BCUT2D eigenvalue weighted by Crippen LogP contribution is 2.15. The summed E-state index contributed by atoms with van der Waals surface area (Å²) in [5, 5.41) is 5.12. The van der Waals surface area contributed by atoms with E-state index >= 15 is 0 Å². The predicted octanol–water partition coefficient (Wildman–Crippen LogP) is 2.67. The van der Waals surface area contributed by atoms with Crippen LogP contribution in [0, 0.1) is 0 Å². The number of carbonyl (C=O) groups is 1. The van der Waals surface area contributed by atoms with E-state index in [-0.39, 0.29) is 11.9 Å². The van der Waals surface area contributed by atoms with Crippen LogP contribution in [0.15, 0.2) is 29.9 Å². The predicted molar refractivity (Wildman–Crippen MR) is 85.8 cm³/mol. The molecule has 2 heterocycles. The maximum atomic E-state index is 12.5. The highest BCUT2D eigenvalue weighted by molar-refractivity contribution is 7.09. The normalized spacial score (nSPS) is 12.0. The maximum Gasteiger partial charge on any atom is 0.274 e. The standard InChI is InChI=1S/C15H20N4OS/c1-4-17-14-10-16-9-13(18-14)15(20)19(3)11(2)8-12-6-5-7-21-12/h5-7,9-11H,4,8H2,1-3H3,(H,17,18). The number of thiophene rings is 1. The summed E-state index contributed by atoms with van der Waals surface area (Å²) >= 11 is 1.71. The molecule has 6 heteroatoms. The highest BCUT2D eigenvalue weighted by Gasteiger charge is 2.19. The molecule has 5 nitrogen and oxygen atoms in total. The molecule has 2 rings (SSSR count). The van der Waals surface area contributed by atoms with Crippen LogP contribution in [0.2, 0.25) is 0 Å². The summed E-state index contributed by atoms with van der Waals surface area (Å²) in [7, 11) is 1.81. The molecule has 0 aliphatic rings. The third-order valence-corrected chi connectivity index (χ3v) is 4.17. The summed E-state index contributed by atoms with van der Waals surface area (Å²) in [4.78, 5) is 23.8. The van der Waals surface area contributed by atoms with Crippen molar-refractivity contribution in [2.75, 3.05) is 18.9 Å². The van der Waals surface area contributed by atoms with Crippen molar-refractivity contribution in [1.82, 2.24) is 14.9 Å². The number of rotatable bonds is 6. The third-order valence-electron chi connectivity index (χ3n) is 3.27. The molecule has 0 saturated carbocycles. The van der Waals surface area contributed by atoms with Crippen molar-refractivity contribution in [3.05, 3.63) is 40.5 Å². The number of hydrogen-bond donors (Lipinski definition) is 1. The molecule has 0 aromatic carbocycles. The first-order chi connectivity index (χ1) is 10.1. The molecule has 2 aromatic rings. The minimum Gasteiger partial charge on any atom is -0.369 e. The van der Waals surface area contributed by atoms with E-state index in [0.717, 1.165) is 13.0 Å². The molecule has 21 heavy (non-hydrogen) atoms. The first-order valence-electron chi connectivity index (χ1n) is 6.97. The SMILES string of the molecule is CCNc1cncc(C(=O)N(C)C(C)Cc2cccs2)n1. The van der Waals surface area contributed by atoms with Crippen LogP contribution in [0.5, 0.6) is 0 Å². The summed E-state index contributed by atoms with van der Waals surface area (Å²) in [6, 6.07) is 4.23. The Hall–Kier alpha value is -1.95. The zero-order chi connectivity index (χ0) is 15.2. The molecule has 0 aliphatic carbocycles. The second kappa shape index (κ2) is 7.17. The Labute approximate surface area is 129 Å². The summed E-state index contributed by atoms with van der Waals surface area (Å²) in [5.41, 5.74) is 0.369. The van der Waals surface area contributed by atoms with Gasteiger partial charge in [-0.1, -0.05) is 6.07 Å². The Morgan fingerprint density at radius 3 is 2.95 bits per heavy atom. The molecule has 0 spiro atoms. The van der Waals surface area contributed by atoms with Gasteiger partial charge >= 0.3 is 0 Å². The Balaban J connectivity index is 2.05. The first kappa shape index (κ1) is 15.4. The number of carbonyl (C=O) groups excluding carboxylic acids is 1. The lowest BCUT2D eigenvalue weighted by Gasteiger charge is -2.24. The molecule has 0 bridgehead atoms. The number of amides is 1. The number of aromatic nitrogens is 2. The second-order valence-corrected chi connectivity index (χ2v) is 5.90. The van der Waals surface area contributed by atoms with E-state index in [9.17, 15) is 4.79 Å². The van der Waals surface area contributed by atoms with Gasteiger partial charge in [-0.05, 0) is 25.3 Å². The molecule has 112 valence electrons. The Bertz CT molecular complexity index is 585. The van der Waals surface area contributed by atoms with Crippen molar-refractivity contribution in [3.63, 3.8) is 0 Å². The van der Waals surface area contributed by atoms with Crippen molar-refractivity contribution < 1.29 is 4.79 Å². The van der Waals surface area contributed by atoms with Crippen LogP contribution in [0.25, 0.3) is 0 Å². The monoisotopic (exact) mass is 304 g/mol. The first-order valence-corrected chi connectivity index (χ1v) is 7.85. The van der Waals surface area contributed by atoms with Crippen molar-refractivity contribution in [3.8, 4) is 0 Å². The van der Waals surface area contributed by atoms with Crippen LogP contribution in [-0.2, 0) is 6.42 Å². The zero-order valence-electron chi connectivity index (χ0n) is 12.5. The molecule has 0 fully saturated rings. The average Bonchev–Trinajstić information content (AvgIpc) is 2.99. The Morgan fingerprint density at radius 1 is 1.48 bits per heavy atom.